The monoisotopic (exact) mass is 199 g/mol. The van der Waals surface area contributed by atoms with E-state index in [0.29, 0.717) is 12.1 Å². The number of nitrogens with zero attached hydrogens (tertiary/aromatic N) is 1. The van der Waals surface area contributed by atoms with Crippen LogP contribution < -0.4 is 0 Å². The van der Waals surface area contributed by atoms with Gasteiger partial charge in [0, 0.05) is 19.1 Å². The van der Waals surface area contributed by atoms with Gasteiger partial charge in [0.15, 0.2) is 0 Å². The molecule has 3 atom stereocenters. The van der Waals surface area contributed by atoms with Crippen molar-refractivity contribution in [2.24, 2.45) is 0 Å². The van der Waals surface area contributed by atoms with Crippen LogP contribution in [0.1, 0.15) is 32.6 Å². The molecule has 0 aromatic carbocycles. The van der Waals surface area contributed by atoms with Crippen molar-refractivity contribution in [2.75, 3.05) is 19.7 Å². The van der Waals surface area contributed by atoms with Gasteiger partial charge in [-0.15, -0.1) is 0 Å². The minimum Gasteiger partial charge on any atom is -0.391 e. The molecule has 0 amide bonds. The first kappa shape index (κ1) is 10.4. The number of hydrogen-bond donors (Lipinski definition) is 1. The van der Waals surface area contributed by atoms with Gasteiger partial charge in [-0.3, -0.25) is 4.90 Å². The second kappa shape index (κ2) is 4.60. The van der Waals surface area contributed by atoms with Crippen molar-refractivity contribution < 1.29 is 9.84 Å². The highest BCUT2D eigenvalue weighted by Gasteiger charge is 2.31. The number of aliphatic hydroxyl groups is 1. The van der Waals surface area contributed by atoms with Crippen molar-refractivity contribution in [1.29, 1.82) is 0 Å². The van der Waals surface area contributed by atoms with Crippen molar-refractivity contribution in [2.45, 2.75) is 50.9 Å². The van der Waals surface area contributed by atoms with Crippen LogP contribution >= 0.6 is 0 Å². The summed E-state index contributed by atoms with van der Waals surface area (Å²) in [6.07, 6.45) is 4.84. The molecule has 0 aromatic heterocycles. The van der Waals surface area contributed by atoms with Gasteiger partial charge in [0.25, 0.3) is 0 Å². The van der Waals surface area contributed by atoms with E-state index in [4.69, 9.17) is 4.74 Å². The Morgan fingerprint density at radius 2 is 2.07 bits per heavy atom. The summed E-state index contributed by atoms with van der Waals surface area (Å²) in [4.78, 5) is 2.41. The number of rotatable bonds is 1. The third-order valence-corrected chi connectivity index (χ3v) is 3.44. The molecule has 1 N–H and O–H groups in total. The summed E-state index contributed by atoms with van der Waals surface area (Å²) < 4.78 is 5.51. The first-order valence-electron chi connectivity index (χ1n) is 5.81. The molecule has 0 spiro atoms. The largest absolute Gasteiger partial charge is 0.391 e. The van der Waals surface area contributed by atoms with E-state index in [1.54, 1.807) is 0 Å². The molecule has 1 saturated heterocycles. The molecular weight excluding hydrogens is 178 g/mol. The maximum atomic E-state index is 9.92. The van der Waals surface area contributed by atoms with E-state index in [-0.39, 0.29) is 6.10 Å². The summed E-state index contributed by atoms with van der Waals surface area (Å²) in [7, 11) is 0. The van der Waals surface area contributed by atoms with Crippen LogP contribution in [0.25, 0.3) is 0 Å². The summed E-state index contributed by atoms with van der Waals surface area (Å²) in [5.74, 6) is 0. The van der Waals surface area contributed by atoms with Crippen LogP contribution in [0.3, 0.4) is 0 Å². The quantitative estimate of drug-likeness (QED) is 0.684. The molecular formula is C11H21NO2. The van der Waals surface area contributed by atoms with Gasteiger partial charge in [-0.2, -0.15) is 0 Å². The fourth-order valence-electron chi connectivity index (χ4n) is 2.66. The zero-order chi connectivity index (χ0) is 9.97. The van der Waals surface area contributed by atoms with E-state index in [0.717, 1.165) is 32.5 Å². The Labute approximate surface area is 86.0 Å². The van der Waals surface area contributed by atoms with Crippen LogP contribution in [-0.2, 0) is 4.74 Å². The second-order valence-electron chi connectivity index (χ2n) is 4.60. The Morgan fingerprint density at radius 1 is 1.29 bits per heavy atom. The van der Waals surface area contributed by atoms with Crippen molar-refractivity contribution in [3.05, 3.63) is 0 Å². The highest BCUT2D eigenvalue weighted by Crippen LogP contribution is 2.24. The van der Waals surface area contributed by atoms with E-state index in [9.17, 15) is 5.11 Å². The number of ether oxygens (including phenoxy) is 1. The zero-order valence-corrected chi connectivity index (χ0v) is 8.98. The van der Waals surface area contributed by atoms with E-state index < -0.39 is 0 Å². The van der Waals surface area contributed by atoms with E-state index in [1.807, 2.05) is 0 Å². The molecule has 2 rings (SSSR count). The van der Waals surface area contributed by atoms with Crippen LogP contribution in [0.15, 0.2) is 0 Å². The Hall–Kier alpha value is -0.120. The van der Waals surface area contributed by atoms with Gasteiger partial charge in [-0.05, 0) is 19.8 Å². The third kappa shape index (κ3) is 2.27. The zero-order valence-electron chi connectivity index (χ0n) is 8.98. The predicted molar refractivity (Wildman–Crippen MR) is 55.2 cm³/mol. The van der Waals surface area contributed by atoms with Crippen LogP contribution in [0.5, 0.6) is 0 Å². The normalized spacial score (nSPS) is 41.1. The summed E-state index contributed by atoms with van der Waals surface area (Å²) >= 11 is 0. The maximum Gasteiger partial charge on any atom is 0.0695 e. The van der Waals surface area contributed by atoms with E-state index in [1.165, 1.54) is 12.8 Å². The van der Waals surface area contributed by atoms with Gasteiger partial charge in [-0.1, -0.05) is 12.8 Å². The van der Waals surface area contributed by atoms with Crippen LogP contribution in [0.2, 0.25) is 0 Å². The van der Waals surface area contributed by atoms with Crippen molar-refractivity contribution in [3.63, 3.8) is 0 Å². The Morgan fingerprint density at radius 3 is 2.79 bits per heavy atom. The smallest absolute Gasteiger partial charge is 0.0695 e. The Balaban J connectivity index is 1.91. The molecule has 3 unspecified atom stereocenters. The molecule has 1 heterocycles. The van der Waals surface area contributed by atoms with Crippen LogP contribution in [0.4, 0.5) is 0 Å². The lowest BCUT2D eigenvalue weighted by atomic mass is 9.91. The molecule has 2 fully saturated rings. The second-order valence-corrected chi connectivity index (χ2v) is 4.60. The van der Waals surface area contributed by atoms with Gasteiger partial charge < -0.3 is 9.84 Å². The van der Waals surface area contributed by atoms with Gasteiger partial charge in [-0.25, -0.2) is 0 Å². The summed E-state index contributed by atoms with van der Waals surface area (Å²) in [6.45, 7) is 4.92. The summed E-state index contributed by atoms with van der Waals surface area (Å²) in [5, 5.41) is 9.92. The third-order valence-electron chi connectivity index (χ3n) is 3.44. The number of morpholine rings is 1. The highest BCUT2D eigenvalue weighted by molar-refractivity contribution is 4.85. The molecule has 3 nitrogen and oxygen atoms in total. The SMILES string of the molecule is CC1CN(C2CCCCC2O)CCO1. The summed E-state index contributed by atoms with van der Waals surface area (Å²) in [6, 6.07) is 0.398. The molecule has 1 aliphatic carbocycles. The number of aliphatic hydroxyl groups excluding tert-OH is 1. The fraction of sp³-hybridized carbons (Fsp3) is 1.00. The molecule has 0 aromatic rings. The van der Waals surface area contributed by atoms with Gasteiger partial charge in [0.1, 0.15) is 0 Å². The first-order valence-corrected chi connectivity index (χ1v) is 5.81. The highest BCUT2D eigenvalue weighted by atomic mass is 16.5. The maximum absolute atomic E-state index is 9.92. The van der Waals surface area contributed by atoms with Gasteiger partial charge in [0.05, 0.1) is 18.8 Å². The molecule has 82 valence electrons. The minimum atomic E-state index is -0.103. The summed E-state index contributed by atoms with van der Waals surface area (Å²) in [5.41, 5.74) is 0. The lowest BCUT2D eigenvalue weighted by molar-refractivity contribution is -0.0668. The van der Waals surface area contributed by atoms with Gasteiger partial charge >= 0.3 is 0 Å². The first-order chi connectivity index (χ1) is 6.77. The Kier molecular flexibility index (Phi) is 3.42. The van der Waals surface area contributed by atoms with Crippen molar-refractivity contribution in [3.8, 4) is 0 Å². The lowest BCUT2D eigenvalue weighted by Crippen LogP contribution is -2.52. The molecule has 14 heavy (non-hydrogen) atoms. The molecule has 1 saturated carbocycles. The van der Waals surface area contributed by atoms with E-state index >= 15 is 0 Å². The predicted octanol–water partition coefficient (Wildman–Crippen LogP) is 1.01. The van der Waals surface area contributed by atoms with Crippen molar-refractivity contribution in [1.82, 2.24) is 4.90 Å². The van der Waals surface area contributed by atoms with Crippen LogP contribution in [-0.4, -0.2) is 48.0 Å². The average molecular weight is 199 g/mol. The van der Waals surface area contributed by atoms with Crippen LogP contribution in [0, 0.1) is 0 Å². The molecule has 3 heteroatoms. The molecule has 0 bridgehead atoms. The van der Waals surface area contributed by atoms with Crippen molar-refractivity contribution >= 4 is 0 Å². The molecule has 1 aliphatic heterocycles. The molecule has 2 aliphatic rings. The minimum absolute atomic E-state index is 0.103. The van der Waals surface area contributed by atoms with Gasteiger partial charge in [0.2, 0.25) is 0 Å². The number of hydrogen-bond acceptors (Lipinski definition) is 3. The fourth-order valence-corrected chi connectivity index (χ4v) is 2.66. The molecule has 0 radical (unpaired) electrons. The topological polar surface area (TPSA) is 32.7 Å². The van der Waals surface area contributed by atoms with E-state index in [2.05, 4.69) is 11.8 Å². The lowest BCUT2D eigenvalue weighted by Gasteiger charge is -2.41. The Bertz CT molecular complexity index is 186. The standard InChI is InChI=1S/C11H21NO2/c1-9-8-12(6-7-14-9)10-4-2-3-5-11(10)13/h9-11,13H,2-8H2,1H3. The average Bonchev–Trinajstić information content (AvgIpc) is 2.18.